The molecule has 0 aromatic carbocycles. The molecule has 0 aromatic heterocycles. The Balaban J connectivity index is 3.30. The van der Waals surface area contributed by atoms with E-state index in [1.54, 1.807) is 0 Å². The number of carboxylic acids is 2. The van der Waals surface area contributed by atoms with Crippen LogP contribution in [0.25, 0.3) is 0 Å². The van der Waals surface area contributed by atoms with E-state index in [2.05, 4.69) is 0 Å². The summed E-state index contributed by atoms with van der Waals surface area (Å²) in [6.07, 6.45) is 0. The Labute approximate surface area is 90.6 Å². The van der Waals surface area contributed by atoms with Crippen LogP contribution in [0.1, 0.15) is 13.8 Å². The van der Waals surface area contributed by atoms with Crippen molar-refractivity contribution in [1.82, 2.24) is 4.90 Å². The molecule has 0 spiro atoms. The second-order valence-electron chi connectivity index (χ2n) is 3.61. The van der Waals surface area contributed by atoms with Crippen molar-refractivity contribution in [3.05, 3.63) is 11.3 Å². The van der Waals surface area contributed by atoms with Crippen molar-refractivity contribution in [2.75, 3.05) is 0 Å². The molecule has 3 N–H and O–H groups in total. The molecule has 0 bridgehead atoms. The van der Waals surface area contributed by atoms with Gasteiger partial charge in [0.25, 0.3) is 5.91 Å². The van der Waals surface area contributed by atoms with Crippen molar-refractivity contribution >= 4 is 17.8 Å². The van der Waals surface area contributed by atoms with Crippen LogP contribution in [-0.4, -0.2) is 50.1 Å². The molecule has 1 aliphatic rings. The molecule has 1 amide bonds. The van der Waals surface area contributed by atoms with Gasteiger partial charge in [-0.1, -0.05) is 0 Å². The number of hydrogen-bond acceptors (Lipinski definition) is 4. The molecule has 0 aliphatic carbocycles. The standard InChI is InChI=1S/C9H11NO6/c1-3(2)10-5(9(15)16)4(8(13)14)6(11)7(10)12/h3,5,11H,1-2H3,(H,13,14)(H,15,16). The molecule has 16 heavy (non-hydrogen) atoms. The lowest BCUT2D eigenvalue weighted by Gasteiger charge is -2.26. The van der Waals surface area contributed by atoms with Gasteiger partial charge in [-0.2, -0.15) is 0 Å². The van der Waals surface area contributed by atoms with Crippen molar-refractivity contribution in [2.45, 2.75) is 25.9 Å². The monoisotopic (exact) mass is 229 g/mol. The molecule has 1 aliphatic heterocycles. The molecule has 1 unspecified atom stereocenters. The zero-order valence-electron chi connectivity index (χ0n) is 8.67. The normalized spacial score (nSPS) is 20.8. The van der Waals surface area contributed by atoms with Gasteiger partial charge in [-0.25, -0.2) is 9.59 Å². The molecular formula is C9H11NO6. The van der Waals surface area contributed by atoms with E-state index in [-0.39, 0.29) is 0 Å². The van der Waals surface area contributed by atoms with Crippen molar-refractivity contribution in [1.29, 1.82) is 0 Å². The van der Waals surface area contributed by atoms with Crippen LogP contribution >= 0.6 is 0 Å². The van der Waals surface area contributed by atoms with E-state index >= 15 is 0 Å². The minimum Gasteiger partial charge on any atom is -0.503 e. The van der Waals surface area contributed by atoms with Gasteiger partial charge in [0, 0.05) is 6.04 Å². The molecule has 0 saturated carbocycles. The summed E-state index contributed by atoms with van der Waals surface area (Å²) < 4.78 is 0. The number of nitrogens with zero attached hydrogens (tertiary/aromatic N) is 1. The lowest BCUT2D eigenvalue weighted by Crippen LogP contribution is -2.46. The summed E-state index contributed by atoms with van der Waals surface area (Å²) >= 11 is 0. The SMILES string of the molecule is CC(C)N1C(=O)C(O)=C(C(=O)O)C1C(=O)O. The topological polar surface area (TPSA) is 115 Å². The maximum Gasteiger partial charge on any atom is 0.338 e. The highest BCUT2D eigenvalue weighted by molar-refractivity contribution is 6.10. The maximum absolute atomic E-state index is 11.5. The number of aliphatic hydroxyl groups is 1. The summed E-state index contributed by atoms with van der Waals surface area (Å²) in [5, 5.41) is 27.0. The van der Waals surface area contributed by atoms with Gasteiger partial charge in [0.15, 0.2) is 11.8 Å². The molecule has 88 valence electrons. The first-order valence-corrected chi connectivity index (χ1v) is 4.51. The highest BCUT2D eigenvalue weighted by Crippen LogP contribution is 2.27. The zero-order valence-corrected chi connectivity index (χ0v) is 8.67. The van der Waals surface area contributed by atoms with E-state index in [1.807, 2.05) is 0 Å². The van der Waals surface area contributed by atoms with Crippen LogP contribution in [0.2, 0.25) is 0 Å². The number of aliphatic hydroxyl groups excluding tert-OH is 1. The summed E-state index contributed by atoms with van der Waals surface area (Å²) in [6, 6.07) is -2.16. The summed E-state index contributed by atoms with van der Waals surface area (Å²) in [5.74, 6) is -5.07. The smallest absolute Gasteiger partial charge is 0.338 e. The second kappa shape index (κ2) is 3.84. The maximum atomic E-state index is 11.5. The number of carbonyl (C=O) groups excluding carboxylic acids is 1. The van der Waals surface area contributed by atoms with E-state index in [4.69, 9.17) is 10.2 Å². The van der Waals surface area contributed by atoms with E-state index in [1.165, 1.54) is 13.8 Å². The van der Waals surface area contributed by atoms with E-state index in [0.29, 0.717) is 0 Å². The fourth-order valence-corrected chi connectivity index (χ4v) is 1.62. The Morgan fingerprint density at radius 1 is 1.31 bits per heavy atom. The van der Waals surface area contributed by atoms with E-state index in [0.717, 1.165) is 4.90 Å². The number of carbonyl (C=O) groups is 3. The van der Waals surface area contributed by atoms with Crippen molar-refractivity contribution < 1.29 is 29.7 Å². The molecule has 1 heterocycles. The zero-order chi connectivity index (χ0) is 12.6. The minimum atomic E-state index is -1.63. The average Bonchev–Trinajstić information content (AvgIpc) is 2.39. The van der Waals surface area contributed by atoms with Gasteiger partial charge in [-0.15, -0.1) is 0 Å². The van der Waals surface area contributed by atoms with Crippen LogP contribution in [0.4, 0.5) is 0 Å². The van der Waals surface area contributed by atoms with Gasteiger partial charge in [0.05, 0.1) is 0 Å². The van der Waals surface area contributed by atoms with Crippen LogP contribution in [0, 0.1) is 0 Å². The highest BCUT2D eigenvalue weighted by Gasteiger charge is 2.48. The summed E-state index contributed by atoms with van der Waals surface area (Å²) in [7, 11) is 0. The molecule has 7 heteroatoms. The van der Waals surface area contributed by atoms with Gasteiger partial charge in [-0.05, 0) is 13.8 Å². The summed E-state index contributed by atoms with van der Waals surface area (Å²) in [5.41, 5.74) is -0.786. The number of amides is 1. The number of rotatable bonds is 3. The lowest BCUT2D eigenvalue weighted by atomic mass is 10.1. The molecule has 0 radical (unpaired) electrons. The Bertz CT molecular complexity index is 397. The quantitative estimate of drug-likeness (QED) is 0.605. The molecule has 1 atom stereocenters. The third-order valence-corrected chi connectivity index (χ3v) is 2.26. The van der Waals surface area contributed by atoms with Gasteiger partial charge in [0.2, 0.25) is 0 Å². The van der Waals surface area contributed by atoms with Gasteiger partial charge in [0.1, 0.15) is 5.57 Å². The first-order valence-electron chi connectivity index (χ1n) is 4.51. The molecule has 7 nitrogen and oxygen atoms in total. The van der Waals surface area contributed by atoms with Crippen LogP contribution < -0.4 is 0 Å². The van der Waals surface area contributed by atoms with Crippen molar-refractivity contribution in [2.24, 2.45) is 0 Å². The number of aliphatic carboxylic acids is 2. The van der Waals surface area contributed by atoms with Gasteiger partial charge >= 0.3 is 11.9 Å². The average molecular weight is 229 g/mol. The number of carboxylic acid groups (broad SMARTS) is 2. The molecule has 0 fully saturated rings. The molecule has 0 aromatic rings. The summed E-state index contributed by atoms with van der Waals surface area (Å²) in [6.45, 7) is 3.07. The Morgan fingerprint density at radius 2 is 1.81 bits per heavy atom. The van der Waals surface area contributed by atoms with E-state index < -0.39 is 41.3 Å². The van der Waals surface area contributed by atoms with E-state index in [9.17, 15) is 19.5 Å². The third kappa shape index (κ3) is 1.60. The predicted molar refractivity (Wildman–Crippen MR) is 50.7 cm³/mol. The minimum absolute atomic E-state index is 0.521. The predicted octanol–water partition coefficient (Wildman–Crippen LogP) is -0.413. The van der Waals surface area contributed by atoms with Crippen molar-refractivity contribution in [3.8, 4) is 0 Å². The van der Waals surface area contributed by atoms with Crippen LogP contribution in [0.5, 0.6) is 0 Å². The Kier molecular flexibility index (Phi) is 2.88. The van der Waals surface area contributed by atoms with Crippen LogP contribution in [0.3, 0.4) is 0 Å². The molecule has 0 saturated heterocycles. The number of hydrogen-bond donors (Lipinski definition) is 3. The fourth-order valence-electron chi connectivity index (χ4n) is 1.62. The largest absolute Gasteiger partial charge is 0.503 e. The Morgan fingerprint density at radius 3 is 2.12 bits per heavy atom. The van der Waals surface area contributed by atoms with Crippen molar-refractivity contribution in [3.63, 3.8) is 0 Å². The van der Waals surface area contributed by atoms with Gasteiger partial charge < -0.3 is 20.2 Å². The third-order valence-electron chi connectivity index (χ3n) is 2.26. The summed E-state index contributed by atoms with van der Waals surface area (Å²) in [4.78, 5) is 34.0. The van der Waals surface area contributed by atoms with Crippen LogP contribution in [0.15, 0.2) is 11.3 Å². The first-order chi connectivity index (χ1) is 7.29. The molecular weight excluding hydrogens is 218 g/mol. The van der Waals surface area contributed by atoms with Gasteiger partial charge in [-0.3, -0.25) is 4.79 Å². The fraction of sp³-hybridized carbons (Fsp3) is 0.444. The molecule has 1 rings (SSSR count). The second-order valence-corrected chi connectivity index (χ2v) is 3.61. The van der Waals surface area contributed by atoms with Crippen LogP contribution in [-0.2, 0) is 14.4 Å². The first kappa shape index (κ1) is 12.0. The highest BCUT2D eigenvalue weighted by atomic mass is 16.4. The lowest BCUT2D eigenvalue weighted by molar-refractivity contribution is -0.148. The Hall–Kier alpha value is -2.05.